The van der Waals surface area contributed by atoms with Crippen molar-refractivity contribution in [2.45, 2.75) is 12.7 Å². The van der Waals surface area contributed by atoms with Gasteiger partial charge in [-0.25, -0.2) is 4.68 Å². The quantitative estimate of drug-likeness (QED) is 0.864. The van der Waals surface area contributed by atoms with Crippen LogP contribution in [0, 0.1) is 5.92 Å². The van der Waals surface area contributed by atoms with Crippen LogP contribution in [0.25, 0.3) is 10.9 Å². The Labute approximate surface area is 116 Å². The largest absolute Gasteiger partial charge is 0.399 e. The topological polar surface area (TPSA) is 73.8 Å². The van der Waals surface area contributed by atoms with Crippen LogP contribution in [0.3, 0.4) is 0 Å². The molecule has 2 aromatic rings. The number of nitrogens with two attached hydrogens (primary N) is 1. The number of rotatable bonds is 3. The van der Waals surface area contributed by atoms with Crippen molar-refractivity contribution in [1.29, 1.82) is 0 Å². The van der Waals surface area contributed by atoms with Crippen molar-refractivity contribution < 1.29 is 13.2 Å². The Bertz CT molecular complexity index is 713. The number of hydrogen-bond acceptors (Lipinski definition) is 4. The van der Waals surface area contributed by atoms with Crippen LogP contribution in [0.5, 0.6) is 0 Å². The Hall–Kier alpha value is -2.03. The second kappa shape index (κ2) is 5.16. The minimum absolute atomic E-state index is 0.186. The van der Waals surface area contributed by atoms with Gasteiger partial charge in [0, 0.05) is 0 Å². The highest BCUT2D eigenvalue weighted by Crippen LogP contribution is 2.27. The molecule has 0 aliphatic heterocycles. The van der Waals surface area contributed by atoms with Crippen molar-refractivity contribution >= 4 is 28.1 Å². The van der Waals surface area contributed by atoms with Gasteiger partial charge in [0.15, 0.2) is 0 Å². The molecule has 0 aliphatic carbocycles. The van der Waals surface area contributed by atoms with Gasteiger partial charge < -0.3 is 5.73 Å². The molecule has 1 aromatic carbocycles. The first kappa shape index (κ1) is 14.4. The van der Waals surface area contributed by atoms with Crippen LogP contribution in [0.2, 0.25) is 0 Å². The predicted octanol–water partition coefficient (Wildman–Crippen LogP) is 1.26. The van der Waals surface area contributed by atoms with Gasteiger partial charge in [-0.2, -0.15) is 13.2 Å². The summed E-state index contributed by atoms with van der Waals surface area (Å²) in [4.78, 5) is 11.3. The number of hydrogen-bond donors (Lipinski definition) is 1. The number of fused-ring (bicyclic) bond motifs is 1. The van der Waals surface area contributed by atoms with Crippen LogP contribution < -0.4 is 11.3 Å². The van der Waals surface area contributed by atoms with Crippen LogP contribution >= 0.6 is 12.2 Å². The summed E-state index contributed by atoms with van der Waals surface area (Å²) in [5.41, 5.74) is 4.73. The maximum absolute atomic E-state index is 12.8. The lowest BCUT2D eigenvalue weighted by molar-refractivity contribution is -0.158. The van der Waals surface area contributed by atoms with E-state index >= 15 is 0 Å². The first-order valence-corrected chi connectivity index (χ1v) is 5.90. The van der Waals surface area contributed by atoms with Crippen LogP contribution in [-0.2, 0) is 6.54 Å². The average Bonchev–Trinajstić information content (AvgIpc) is 2.36. The maximum Gasteiger partial charge on any atom is 0.399 e. The summed E-state index contributed by atoms with van der Waals surface area (Å²) in [6.07, 6.45) is -4.64. The summed E-state index contributed by atoms with van der Waals surface area (Å²) in [7, 11) is 0. The van der Waals surface area contributed by atoms with Crippen LogP contribution in [0.15, 0.2) is 29.1 Å². The van der Waals surface area contributed by atoms with Gasteiger partial charge in [-0.05, 0) is 12.1 Å². The van der Waals surface area contributed by atoms with E-state index < -0.39 is 29.2 Å². The summed E-state index contributed by atoms with van der Waals surface area (Å²) < 4.78 is 38.9. The van der Waals surface area contributed by atoms with E-state index in [4.69, 9.17) is 5.73 Å². The van der Waals surface area contributed by atoms with E-state index in [0.29, 0.717) is 10.2 Å². The highest BCUT2D eigenvalue weighted by molar-refractivity contribution is 7.80. The molecule has 20 heavy (non-hydrogen) atoms. The molecule has 106 valence electrons. The number of aromatic nitrogens is 3. The Balaban J connectivity index is 2.46. The second-order valence-corrected chi connectivity index (χ2v) is 4.56. The van der Waals surface area contributed by atoms with Crippen LogP contribution in [-0.4, -0.2) is 26.2 Å². The SMILES string of the molecule is NC(=S)C(Cn1nnc2ccccc2c1=O)C(F)(F)F. The van der Waals surface area contributed by atoms with Gasteiger partial charge >= 0.3 is 6.18 Å². The van der Waals surface area contributed by atoms with Crippen LogP contribution in [0.1, 0.15) is 0 Å². The number of halogens is 3. The number of benzene rings is 1. The third-order valence-electron chi connectivity index (χ3n) is 2.72. The third-order valence-corrected chi connectivity index (χ3v) is 3.01. The normalized spacial score (nSPS) is 13.3. The molecule has 0 bridgehead atoms. The van der Waals surface area contributed by atoms with E-state index in [1.807, 2.05) is 0 Å². The van der Waals surface area contributed by atoms with Crippen molar-refractivity contribution in [3.63, 3.8) is 0 Å². The Kier molecular flexibility index (Phi) is 3.71. The van der Waals surface area contributed by atoms with E-state index in [9.17, 15) is 18.0 Å². The third kappa shape index (κ3) is 2.77. The molecule has 1 heterocycles. The highest BCUT2D eigenvalue weighted by Gasteiger charge is 2.42. The summed E-state index contributed by atoms with van der Waals surface area (Å²) in [5.74, 6) is -2.12. The molecular formula is C11H9F3N4OS. The first-order valence-electron chi connectivity index (χ1n) is 5.49. The monoisotopic (exact) mass is 302 g/mol. The zero-order valence-corrected chi connectivity index (χ0v) is 10.8. The molecule has 1 aromatic heterocycles. The molecule has 0 saturated carbocycles. The standard InChI is InChI=1S/C11H9F3N4OS/c12-11(13,14)7(9(15)20)5-18-10(19)6-3-1-2-4-8(6)16-17-18/h1-4,7H,5H2,(H2,15,20). The molecule has 1 atom stereocenters. The average molecular weight is 302 g/mol. The molecule has 2 N–H and O–H groups in total. The lowest BCUT2D eigenvalue weighted by Crippen LogP contribution is -2.40. The second-order valence-electron chi connectivity index (χ2n) is 4.09. The van der Waals surface area contributed by atoms with Crippen molar-refractivity contribution in [3.05, 3.63) is 34.6 Å². The molecular weight excluding hydrogens is 293 g/mol. The van der Waals surface area contributed by atoms with Gasteiger partial charge in [0.2, 0.25) is 0 Å². The zero-order chi connectivity index (χ0) is 14.9. The molecule has 0 fully saturated rings. The van der Waals surface area contributed by atoms with Gasteiger partial charge in [0.05, 0.1) is 16.9 Å². The number of thiocarbonyl (C=S) groups is 1. The minimum Gasteiger partial charge on any atom is -0.393 e. The molecule has 5 nitrogen and oxygen atoms in total. The fraction of sp³-hybridized carbons (Fsp3) is 0.273. The minimum atomic E-state index is -4.64. The van der Waals surface area contributed by atoms with Crippen molar-refractivity contribution in [1.82, 2.24) is 15.0 Å². The Morgan fingerprint density at radius 1 is 1.40 bits per heavy atom. The Morgan fingerprint density at radius 2 is 2.05 bits per heavy atom. The summed E-state index contributed by atoms with van der Waals surface area (Å²) in [6.45, 7) is -0.782. The van der Waals surface area contributed by atoms with E-state index in [1.54, 1.807) is 18.2 Å². The molecule has 0 amide bonds. The fourth-order valence-electron chi connectivity index (χ4n) is 1.67. The molecule has 1 unspecified atom stereocenters. The number of nitrogens with zero attached hydrogens (tertiary/aromatic N) is 3. The van der Waals surface area contributed by atoms with E-state index in [1.165, 1.54) is 6.07 Å². The summed E-state index contributed by atoms with van der Waals surface area (Å²) in [5, 5.41) is 7.37. The molecule has 0 aliphatic rings. The fourth-order valence-corrected chi connectivity index (χ4v) is 1.88. The molecule has 0 saturated heterocycles. The highest BCUT2D eigenvalue weighted by atomic mass is 32.1. The van der Waals surface area contributed by atoms with Crippen molar-refractivity contribution in [3.8, 4) is 0 Å². The van der Waals surface area contributed by atoms with E-state index in [2.05, 4.69) is 22.5 Å². The lowest BCUT2D eigenvalue weighted by atomic mass is 10.1. The summed E-state index contributed by atoms with van der Waals surface area (Å²) >= 11 is 4.40. The smallest absolute Gasteiger partial charge is 0.393 e. The molecule has 0 radical (unpaired) electrons. The van der Waals surface area contributed by atoms with Gasteiger partial charge in [0.1, 0.15) is 11.4 Å². The Morgan fingerprint density at radius 3 is 2.65 bits per heavy atom. The van der Waals surface area contributed by atoms with Gasteiger partial charge in [-0.3, -0.25) is 4.79 Å². The van der Waals surface area contributed by atoms with E-state index in [0.717, 1.165) is 0 Å². The summed E-state index contributed by atoms with van der Waals surface area (Å²) in [6, 6.07) is 6.24. The van der Waals surface area contributed by atoms with Crippen molar-refractivity contribution in [2.75, 3.05) is 0 Å². The van der Waals surface area contributed by atoms with Crippen molar-refractivity contribution in [2.24, 2.45) is 11.7 Å². The van der Waals surface area contributed by atoms with Gasteiger partial charge in [0.25, 0.3) is 5.56 Å². The lowest BCUT2D eigenvalue weighted by Gasteiger charge is -2.18. The predicted molar refractivity (Wildman–Crippen MR) is 70.1 cm³/mol. The maximum atomic E-state index is 12.8. The van der Waals surface area contributed by atoms with Gasteiger partial charge in [-0.15, -0.1) is 5.10 Å². The van der Waals surface area contributed by atoms with Gasteiger partial charge in [-0.1, -0.05) is 29.6 Å². The van der Waals surface area contributed by atoms with E-state index in [-0.39, 0.29) is 5.39 Å². The zero-order valence-electron chi connectivity index (χ0n) is 9.96. The molecule has 2 rings (SSSR count). The molecule has 0 spiro atoms. The molecule has 9 heteroatoms. The first-order chi connectivity index (χ1) is 9.30. The van der Waals surface area contributed by atoms with Crippen LogP contribution in [0.4, 0.5) is 13.2 Å². The number of alkyl halides is 3.